The number of hydrogen-bond acceptors (Lipinski definition) is 2. The third-order valence-corrected chi connectivity index (χ3v) is 4.73. The number of rotatable bonds is 3. The molecule has 1 aromatic rings. The van der Waals surface area contributed by atoms with Gasteiger partial charge in [0.1, 0.15) is 0 Å². The molecule has 0 bridgehead atoms. The van der Waals surface area contributed by atoms with Crippen molar-refractivity contribution >= 4 is 29.1 Å². The highest BCUT2D eigenvalue weighted by molar-refractivity contribution is 6.42. The number of piperidine rings is 1. The maximum absolute atomic E-state index is 12.3. The zero-order chi connectivity index (χ0) is 14.7. The number of benzene rings is 1. The molecule has 2 rings (SSSR count). The molecule has 2 atom stereocenters. The summed E-state index contributed by atoms with van der Waals surface area (Å²) in [4.78, 5) is 14.2. The minimum Gasteiger partial charge on any atom is -0.340 e. The number of nitrogens with zero attached hydrogens (tertiary/aromatic N) is 1. The smallest absolute Gasteiger partial charge is 0.223 e. The molecule has 1 aliphatic heterocycles. The van der Waals surface area contributed by atoms with Crippen LogP contribution in [0.25, 0.3) is 0 Å². The Morgan fingerprint density at radius 3 is 2.90 bits per heavy atom. The fourth-order valence-corrected chi connectivity index (χ4v) is 3.12. The first-order valence-electron chi connectivity index (χ1n) is 6.97. The Hall–Kier alpha value is -0.770. The summed E-state index contributed by atoms with van der Waals surface area (Å²) in [5, 5.41) is 1.09. The van der Waals surface area contributed by atoms with Gasteiger partial charge < -0.3 is 10.6 Å². The number of carbonyl (C=O) groups excluding carboxylic acids is 1. The molecule has 0 radical (unpaired) electrons. The molecule has 2 N–H and O–H groups in total. The van der Waals surface area contributed by atoms with E-state index in [1.165, 1.54) is 0 Å². The average molecular weight is 315 g/mol. The normalized spacial score (nSPS) is 22.9. The minimum atomic E-state index is 0.167. The fraction of sp³-hybridized carbons (Fsp3) is 0.533. The highest BCUT2D eigenvalue weighted by Crippen LogP contribution is 2.27. The summed E-state index contributed by atoms with van der Waals surface area (Å²) in [6, 6.07) is 5.97. The third-order valence-electron chi connectivity index (χ3n) is 3.88. The van der Waals surface area contributed by atoms with Gasteiger partial charge >= 0.3 is 0 Å². The Kier molecular flexibility index (Phi) is 5.30. The highest BCUT2D eigenvalue weighted by Gasteiger charge is 2.26. The van der Waals surface area contributed by atoms with E-state index in [0.717, 1.165) is 24.9 Å². The summed E-state index contributed by atoms with van der Waals surface area (Å²) in [5.74, 6) is 0.167. The van der Waals surface area contributed by atoms with Gasteiger partial charge in [0.2, 0.25) is 5.91 Å². The van der Waals surface area contributed by atoms with Crippen LogP contribution >= 0.6 is 23.2 Å². The summed E-state index contributed by atoms with van der Waals surface area (Å²) in [6.45, 7) is 2.81. The third kappa shape index (κ3) is 3.66. The predicted molar refractivity (Wildman–Crippen MR) is 83.2 cm³/mol. The molecule has 0 spiro atoms. The molecule has 1 aliphatic rings. The van der Waals surface area contributed by atoms with Crippen molar-refractivity contribution in [3.63, 3.8) is 0 Å². The fourth-order valence-electron chi connectivity index (χ4n) is 2.71. The van der Waals surface area contributed by atoms with Gasteiger partial charge in [-0.05, 0) is 37.8 Å². The van der Waals surface area contributed by atoms with Gasteiger partial charge in [-0.15, -0.1) is 0 Å². The number of hydrogen-bond donors (Lipinski definition) is 1. The lowest BCUT2D eigenvalue weighted by molar-refractivity contribution is -0.134. The summed E-state index contributed by atoms with van der Waals surface area (Å²) in [5.41, 5.74) is 6.84. The van der Waals surface area contributed by atoms with Crippen molar-refractivity contribution in [2.24, 2.45) is 5.73 Å². The molecule has 5 heteroatoms. The lowest BCUT2D eigenvalue weighted by atomic mass is 9.98. The Morgan fingerprint density at radius 2 is 2.20 bits per heavy atom. The van der Waals surface area contributed by atoms with Crippen LogP contribution in [0.15, 0.2) is 18.2 Å². The van der Waals surface area contributed by atoms with Gasteiger partial charge in [-0.1, -0.05) is 35.3 Å². The van der Waals surface area contributed by atoms with Gasteiger partial charge in [-0.25, -0.2) is 0 Å². The molecule has 0 aromatic heterocycles. The van der Waals surface area contributed by atoms with Crippen LogP contribution in [-0.4, -0.2) is 29.4 Å². The largest absolute Gasteiger partial charge is 0.340 e. The summed E-state index contributed by atoms with van der Waals surface area (Å²) in [6.07, 6.45) is 2.84. The van der Waals surface area contributed by atoms with Crippen molar-refractivity contribution < 1.29 is 4.79 Å². The van der Waals surface area contributed by atoms with E-state index in [1.807, 2.05) is 17.0 Å². The number of nitrogens with two attached hydrogens (primary N) is 1. The van der Waals surface area contributed by atoms with E-state index in [4.69, 9.17) is 28.9 Å². The highest BCUT2D eigenvalue weighted by atomic mass is 35.5. The lowest BCUT2D eigenvalue weighted by Crippen LogP contribution is -2.48. The molecule has 1 amide bonds. The lowest BCUT2D eigenvalue weighted by Gasteiger charge is -2.36. The number of aryl methyl sites for hydroxylation is 1. The molecule has 1 heterocycles. The molecule has 110 valence electrons. The SMILES string of the molecule is C[C@@H]1C[C@@H](N)CCN1C(=O)CCc1cccc(Cl)c1Cl. The Bertz CT molecular complexity index is 493. The molecule has 1 fully saturated rings. The van der Waals surface area contributed by atoms with Crippen LogP contribution in [-0.2, 0) is 11.2 Å². The van der Waals surface area contributed by atoms with E-state index in [9.17, 15) is 4.79 Å². The van der Waals surface area contributed by atoms with Crippen LogP contribution < -0.4 is 5.73 Å². The second-order valence-corrected chi connectivity index (χ2v) is 6.22. The molecular weight excluding hydrogens is 295 g/mol. The van der Waals surface area contributed by atoms with E-state index in [1.54, 1.807) is 6.07 Å². The first-order chi connectivity index (χ1) is 9.49. The molecule has 20 heavy (non-hydrogen) atoms. The van der Waals surface area contributed by atoms with Crippen molar-refractivity contribution in [3.8, 4) is 0 Å². The Balaban J connectivity index is 1.93. The quantitative estimate of drug-likeness (QED) is 0.930. The predicted octanol–water partition coefficient (Wildman–Crippen LogP) is 3.26. The Morgan fingerprint density at radius 1 is 1.45 bits per heavy atom. The second-order valence-electron chi connectivity index (χ2n) is 5.43. The van der Waals surface area contributed by atoms with Crippen molar-refractivity contribution in [3.05, 3.63) is 33.8 Å². The van der Waals surface area contributed by atoms with Crippen molar-refractivity contribution in [1.29, 1.82) is 0 Å². The Labute approximate surface area is 130 Å². The average Bonchev–Trinajstić information content (AvgIpc) is 2.40. The topological polar surface area (TPSA) is 46.3 Å². The number of likely N-dealkylation sites (tertiary alicyclic amines) is 1. The van der Waals surface area contributed by atoms with Gasteiger partial charge in [0.15, 0.2) is 0 Å². The zero-order valence-corrected chi connectivity index (χ0v) is 13.1. The zero-order valence-electron chi connectivity index (χ0n) is 11.6. The van der Waals surface area contributed by atoms with E-state index < -0.39 is 0 Å². The number of halogens is 2. The maximum Gasteiger partial charge on any atom is 0.223 e. The van der Waals surface area contributed by atoms with Crippen LogP contribution in [0.5, 0.6) is 0 Å². The van der Waals surface area contributed by atoms with E-state index in [0.29, 0.717) is 22.9 Å². The number of carbonyl (C=O) groups is 1. The standard InChI is InChI=1S/C15H20Cl2N2O/c1-10-9-12(18)7-8-19(10)14(20)6-5-11-3-2-4-13(16)15(11)17/h2-4,10,12H,5-9,18H2,1H3/t10-,12+/m1/s1. The van der Waals surface area contributed by atoms with E-state index in [2.05, 4.69) is 6.92 Å². The summed E-state index contributed by atoms with van der Waals surface area (Å²) < 4.78 is 0. The van der Waals surface area contributed by atoms with Gasteiger partial charge in [-0.3, -0.25) is 4.79 Å². The summed E-state index contributed by atoms with van der Waals surface area (Å²) >= 11 is 12.1. The van der Waals surface area contributed by atoms with Crippen molar-refractivity contribution in [2.75, 3.05) is 6.54 Å². The van der Waals surface area contributed by atoms with Crippen LogP contribution in [0.1, 0.15) is 31.7 Å². The van der Waals surface area contributed by atoms with Crippen molar-refractivity contribution in [1.82, 2.24) is 4.90 Å². The monoisotopic (exact) mass is 314 g/mol. The van der Waals surface area contributed by atoms with Crippen molar-refractivity contribution in [2.45, 2.75) is 44.7 Å². The molecule has 1 saturated heterocycles. The van der Waals surface area contributed by atoms with Gasteiger partial charge in [0, 0.05) is 25.0 Å². The van der Waals surface area contributed by atoms with E-state index >= 15 is 0 Å². The van der Waals surface area contributed by atoms with Gasteiger partial charge in [0.05, 0.1) is 10.0 Å². The first kappa shape index (κ1) is 15.6. The molecule has 3 nitrogen and oxygen atoms in total. The van der Waals surface area contributed by atoms with Crippen LogP contribution in [0.4, 0.5) is 0 Å². The first-order valence-corrected chi connectivity index (χ1v) is 7.72. The minimum absolute atomic E-state index is 0.167. The molecular formula is C15H20Cl2N2O. The molecule has 0 unspecified atom stereocenters. The van der Waals surface area contributed by atoms with E-state index in [-0.39, 0.29) is 18.0 Å². The molecule has 0 aliphatic carbocycles. The molecule has 0 saturated carbocycles. The summed E-state index contributed by atoms with van der Waals surface area (Å²) in [7, 11) is 0. The number of amides is 1. The van der Waals surface area contributed by atoms with Crippen LogP contribution in [0.2, 0.25) is 10.0 Å². The van der Waals surface area contributed by atoms with Crippen LogP contribution in [0, 0.1) is 0 Å². The van der Waals surface area contributed by atoms with Gasteiger partial charge in [-0.2, -0.15) is 0 Å². The van der Waals surface area contributed by atoms with Gasteiger partial charge in [0.25, 0.3) is 0 Å². The van der Waals surface area contributed by atoms with Crippen LogP contribution in [0.3, 0.4) is 0 Å². The second kappa shape index (κ2) is 6.79. The molecule has 1 aromatic carbocycles. The maximum atomic E-state index is 12.3.